The lowest BCUT2D eigenvalue weighted by Crippen LogP contribution is -2.44. The summed E-state index contributed by atoms with van der Waals surface area (Å²) in [6.45, 7) is 14.3. The average molecular weight is 311 g/mol. The highest BCUT2D eigenvalue weighted by molar-refractivity contribution is 7.99. The standard InChI is InChI=1S/C17H30N2OS/c1-7-18-14-9-8-13(17(4,5)6)10-15(14)21-16-19-11(2)12(3)20-16/h13-15,18H,7-10H2,1-6H3. The number of hydrogen-bond donors (Lipinski definition) is 1. The van der Waals surface area contributed by atoms with Gasteiger partial charge >= 0.3 is 0 Å². The summed E-state index contributed by atoms with van der Waals surface area (Å²) in [5.41, 5.74) is 1.40. The Morgan fingerprint density at radius 3 is 2.52 bits per heavy atom. The number of aromatic nitrogens is 1. The fraction of sp³-hybridized carbons (Fsp3) is 0.824. The van der Waals surface area contributed by atoms with E-state index < -0.39 is 0 Å². The zero-order valence-electron chi connectivity index (χ0n) is 14.3. The molecule has 1 aliphatic rings. The third-order valence-electron chi connectivity index (χ3n) is 4.74. The molecule has 4 heteroatoms. The number of hydrogen-bond acceptors (Lipinski definition) is 4. The van der Waals surface area contributed by atoms with Gasteiger partial charge in [-0.2, -0.15) is 0 Å². The minimum absolute atomic E-state index is 0.387. The second-order valence-electron chi connectivity index (χ2n) is 7.32. The Balaban J connectivity index is 2.10. The van der Waals surface area contributed by atoms with Crippen LogP contribution < -0.4 is 5.32 Å². The summed E-state index contributed by atoms with van der Waals surface area (Å²) >= 11 is 1.83. The molecule has 1 fully saturated rings. The van der Waals surface area contributed by atoms with Crippen LogP contribution in [0.1, 0.15) is 58.4 Å². The first-order valence-corrected chi connectivity index (χ1v) is 9.03. The van der Waals surface area contributed by atoms with Crippen LogP contribution in [0.3, 0.4) is 0 Å². The Morgan fingerprint density at radius 2 is 2.00 bits per heavy atom. The first-order chi connectivity index (χ1) is 9.81. The number of thioether (sulfide) groups is 1. The lowest BCUT2D eigenvalue weighted by molar-refractivity contribution is 0.165. The van der Waals surface area contributed by atoms with Crippen LogP contribution in [-0.2, 0) is 0 Å². The molecule has 1 aromatic heterocycles. The molecule has 3 unspecified atom stereocenters. The van der Waals surface area contributed by atoms with E-state index in [0.717, 1.165) is 29.1 Å². The van der Waals surface area contributed by atoms with Crippen molar-refractivity contribution >= 4 is 11.8 Å². The van der Waals surface area contributed by atoms with Crippen molar-refractivity contribution in [3.8, 4) is 0 Å². The number of nitrogens with one attached hydrogen (secondary N) is 1. The van der Waals surface area contributed by atoms with Crippen LogP contribution in [0.15, 0.2) is 9.64 Å². The second kappa shape index (κ2) is 6.74. The maximum absolute atomic E-state index is 5.79. The van der Waals surface area contributed by atoms with Crippen LogP contribution in [0.5, 0.6) is 0 Å². The van der Waals surface area contributed by atoms with E-state index >= 15 is 0 Å². The molecule has 1 N–H and O–H groups in total. The summed E-state index contributed by atoms with van der Waals surface area (Å²) in [6, 6.07) is 0.575. The first kappa shape index (κ1) is 16.9. The van der Waals surface area contributed by atoms with Crippen LogP contribution in [0.4, 0.5) is 0 Å². The summed E-state index contributed by atoms with van der Waals surface area (Å²) in [6.07, 6.45) is 3.82. The summed E-state index contributed by atoms with van der Waals surface area (Å²) in [7, 11) is 0. The van der Waals surface area contributed by atoms with Gasteiger partial charge in [0.2, 0.25) is 0 Å². The Kier molecular flexibility index (Phi) is 5.42. The Labute approximate surface area is 133 Å². The fourth-order valence-corrected chi connectivity index (χ4v) is 4.51. The van der Waals surface area contributed by atoms with Crippen molar-refractivity contribution in [1.29, 1.82) is 0 Å². The molecule has 0 radical (unpaired) electrons. The molecular weight excluding hydrogens is 280 g/mol. The largest absolute Gasteiger partial charge is 0.437 e. The van der Waals surface area contributed by atoms with Gasteiger partial charge < -0.3 is 9.73 Å². The van der Waals surface area contributed by atoms with E-state index in [9.17, 15) is 0 Å². The monoisotopic (exact) mass is 310 g/mol. The Hall–Kier alpha value is -0.480. The van der Waals surface area contributed by atoms with Crippen molar-refractivity contribution in [1.82, 2.24) is 10.3 Å². The van der Waals surface area contributed by atoms with Crippen molar-refractivity contribution in [2.45, 2.75) is 77.3 Å². The lowest BCUT2D eigenvalue weighted by atomic mass is 9.71. The van der Waals surface area contributed by atoms with E-state index in [2.05, 4.69) is 38.0 Å². The summed E-state index contributed by atoms with van der Waals surface area (Å²) in [4.78, 5) is 4.55. The van der Waals surface area contributed by atoms with Gasteiger partial charge in [-0.15, -0.1) is 0 Å². The highest BCUT2D eigenvalue weighted by Gasteiger charge is 2.36. The van der Waals surface area contributed by atoms with E-state index in [1.807, 2.05) is 25.6 Å². The van der Waals surface area contributed by atoms with E-state index in [0.29, 0.717) is 16.7 Å². The van der Waals surface area contributed by atoms with Gasteiger partial charge in [-0.1, -0.05) is 39.5 Å². The summed E-state index contributed by atoms with van der Waals surface area (Å²) < 4.78 is 5.79. The first-order valence-electron chi connectivity index (χ1n) is 8.15. The zero-order valence-corrected chi connectivity index (χ0v) is 15.1. The smallest absolute Gasteiger partial charge is 0.256 e. The Morgan fingerprint density at radius 1 is 1.29 bits per heavy atom. The Bertz CT molecular complexity index is 444. The maximum Gasteiger partial charge on any atom is 0.256 e. The molecule has 1 aliphatic carbocycles. The third kappa shape index (κ3) is 4.26. The second-order valence-corrected chi connectivity index (χ2v) is 8.51. The SMILES string of the molecule is CCNC1CCC(C(C)(C)C)CC1Sc1nc(C)c(C)o1. The molecular formula is C17H30N2OS. The number of aryl methyl sites for hydroxylation is 2. The summed E-state index contributed by atoms with van der Waals surface area (Å²) in [5, 5.41) is 5.05. The van der Waals surface area contributed by atoms with Gasteiger partial charge in [0.15, 0.2) is 0 Å². The lowest BCUT2D eigenvalue weighted by Gasteiger charge is -2.41. The van der Waals surface area contributed by atoms with E-state index in [-0.39, 0.29) is 0 Å². The van der Waals surface area contributed by atoms with Crippen molar-refractivity contribution in [2.24, 2.45) is 11.3 Å². The predicted octanol–water partition coefficient (Wildman–Crippen LogP) is 4.58. The molecule has 0 saturated heterocycles. The topological polar surface area (TPSA) is 38.1 Å². The van der Waals surface area contributed by atoms with Gasteiger partial charge in [0.05, 0.1) is 5.69 Å². The van der Waals surface area contributed by atoms with E-state index in [4.69, 9.17) is 4.42 Å². The van der Waals surface area contributed by atoms with Gasteiger partial charge in [0.25, 0.3) is 5.22 Å². The highest BCUT2D eigenvalue weighted by atomic mass is 32.2. The zero-order chi connectivity index (χ0) is 15.6. The predicted molar refractivity (Wildman–Crippen MR) is 89.9 cm³/mol. The fourth-order valence-electron chi connectivity index (χ4n) is 3.16. The van der Waals surface area contributed by atoms with E-state index in [1.54, 1.807) is 0 Å². The molecule has 120 valence electrons. The van der Waals surface area contributed by atoms with Gasteiger partial charge in [0, 0.05) is 11.3 Å². The molecule has 0 amide bonds. The van der Waals surface area contributed by atoms with Crippen LogP contribution in [0.2, 0.25) is 0 Å². The summed E-state index contributed by atoms with van der Waals surface area (Å²) in [5.74, 6) is 1.72. The van der Waals surface area contributed by atoms with Crippen LogP contribution in [-0.4, -0.2) is 22.8 Å². The minimum atomic E-state index is 0.387. The number of rotatable bonds is 4. The molecule has 3 atom stereocenters. The number of nitrogens with zero attached hydrogens (tertiary/aromatic N) is 1. The minimum Gasteiger partial charge on any atom is -0.437 e. The quantitative estimate of drug-likeness (QED) is 0.883. The van der Waals surface area contributed by atoms with Crippen LogP contribution in [0, 0.1) is 25.2 Å². The molecule has 0 bridgehead atoms. The third-order valence-corrected chi connectivity index (χ3v) is 5.94. The van der Waals surface area contributed by atoms with Crippen molar-refractivity contribution in [2.75, 3.05) is 6.54 Å². The molecule has 2 rings (SSSR count). The molecule has 1 saturated carbocycles. The van der Waals surface area contributed by atoms with Gasteiger partial charge in [-0.3, -0.25) is 0 Å². The van der Waals surface area contributed by atoms with Gasteiger partial charge in [-0.25, -0.2) is 4.98 Å². The maximum atomic E-state index is 5.79. The molecule has 0 spiro atoms. The average Bonchev–Trinajstić information content (AvgIpc) is 2.69. The van der Waals surface area contributed by atoms with Crippen molar-refractivity contribution in [3.63, 3.8) is 0 Å². The van der Waals surface area contributed by atoms with Gasteiger partial charge in [-0.05, 0) is 51.0 Å². The molecule has 1 aromatic rings. The molecule has 3 nitrogen and oxygen atoms in total. The normalized spacial score (nSPS) is 27.0. The number of oxazole rings is 1. The van der Waals surface area contributed by atoms with Gasteiger partial charge in [0.1, 0.15) is 5.76 Å². The highest BCUT2D eigenvalue weighted by Crippen LogP contribution is 2.43. The molecule has 0 aliphatic heterocycles. The molecule has 1 heterocycles. The van der Waals surface area contributed by atoms with Crippen molar-refractivity contribution < 1.29 is 4.42 Å². The molecule has 0 aromatic carbocycles. The van der Waals surface area contributed by atoms with Crippen LogP contribution >= 0.6 is 11.8 Å². The molecule has 21 heavy (non-hydrogen) atoms. The van der Waals surface area contributed by atoms with E-state index in [1.165, 1.54) is 19.3 Å². The van der Waals surface area contributed by atoms with Crippen LogP contribution in [0.25, 0.3) is 0 Å². The van der Waals surface area contributed by atoms with Crippen molar-refractivity contribution in [3.05, 3.63) is 11.5 Å².